The zero-order valence-electron chi connectivity index (χ0n) is 12.0. The molecule has 1 atom stereocenters. The minimum absolute atomic E-state index is 0.261. The highest BCUT2D eigenvalue weighted by molar-refractivity contribution is 5.70. The van der Waals surface area contributed by atoms with Crippen LogP contribution in [0.2, 0.25) is 0 Å². The molecule has 3 rings (SSSR count). The van der Waals surface area contributed by atoms with Crippen LogP contribution in [0.1, 0.15) is 12.6 Å². The van der Waals surface area contributed by atoms with Crippen molar-refractivity contribution >= 4 is 5.97 Å². The van der Waals surface area contributed by atoms with Gasteiger partial charge in [-0.3, -0.25) is 9.69 Å². The fourth-order valence-corrected chi connectivity index (χ4v) is 2.66. The molecule has 0 bridgehead atoms. The van der Waals surface area contributed by atoms with Gasteiger partial charge in [-0.2, -0.15) is 5.10 Å². The molecule has 1 aliphatic rings. The van der Waals surface area contributed by atoms with Crippen molar-refractivity contribution in [2.24, 2.45) is 11.8 Å². The minimum Gasteiger partial charge on any atom is -0.481 e. The van der Waals surface area contributed by atoms with E-state index in [1.807, 2.05) is 47.3 Å². The van der Waals surface area contributed by atoms with E-state index in [0.29, 0.717) is 0 Å². The third kappa shape index (κ3) is 2.97. The summed E-state index contributed by atoms with van der Waals surface area (Å²) >= 11 is 0. The molecule has 2 aromatic rings. The van der Waals surface area contributed by atoms with E-state index in [9.17, 15) is 4.79 Å². The molecule has 0 spiro atoms. The number of likely N-dealkylation sites (tertiary alicyclic amines) is 1. The molecule has 1 fully saturated rings. The first kappa shape index (κ1) is 13.8. The molecule has 0 saturated carbocycles. The van der Waals surface area contributed by atoms with Crippen LogP contribution in [0.4, 0.5) is 0 Å². The first-order valence-electron chi connectivity index (χ1n) is 7.18. The minimum atomic E-state index is -0.701. The van der Waals surface area contributed by atoms with Crippen molar-refractivity contribution in [2.75, 3.05) is 13.1 Å². The van der Waals surface area contributed by atoms with E-state index in [1.54, 1.807) is 6.92 Å². The molecule has 2 heterocycles. The van der Waals surface area contributed by atoms with Crippen LogP contribution in [-0.4, -0.2) is 38.8 Å². The third-order valence-corrected chi connectivity index (χ3v) is 4.13. The van der Waals surface area contributed by atoms with E-state index in [0.717, 1.165) is 31.0 Å². The third-order valence-electron chi connectivity index (χ3n) is 4.13. The highest BCUT2D eigenvalue weighted by Gasteiger charge is 2.34. The summed E-state index contributed by atoms with van der Waals surface area (Å²) in [6, 6.07) is 12.0. The molecule has 1 N–H and O–H groups in total. The Bertz CT molecular complexity index is 617. The van der Waals surface area contributed by atoms with Crippen LogP contribution in [0.3, 0.4) is 0 Å². The summed E-state index contributed by atoms with van der Waals surface area (Å²) < 4.78 is 1.87. The Morgan fingerprint density at radius 1 is 1.33 bits per heavy atom. The molecular formula is C16H19N3O2. The Balaban J connectivity index is 1.56. The molecule has 110 valence electrons. The van der Waals surface area contributed by atoms with Gasteiger partial charge in [-0.15, -0.1) is 0 Å². The summed E-state index contributed by atoms with van der Waals surface area (Å²) in [7, 11) is 0. The normalized spacial score (nSPS) is 17.4. The quantitative estimate of drug-likeness (QED) is 0.913. The molecule has 1 aromatic heterocycles. The monoisotopic (exact) mass is 285 g/mol. The van der Waals surface area contributed by atoms with Crippen LogP contribution in [0.5, 0.6) is 0 Å². The lowest BCUT2D eigenvalue weighted by Gasteiger charge is -2.40. The van der Waals surface area contributed by atoms with Gasteiger partial charge in [0.2, 0.25) is 0 Å². The summed E-state index contributed by atoms with van der Waals surface area (Å²) in [6.07, 6.45) is 1.96. The van der Waals surface area contributed by atoms with Gasteiger partial charge in [-0.1, -0.05) is 25.1 Å². The number of carboxylic acids is 1. The van der Waals surface area contributed by atoms with E-state index in [2.05, 4.69) is 10.00 Å². The number of hydrogen-bond donors (Lipinski definition) is 1. The molecule has 1 aliphatic heterocycles. The molecule has 21 heavy (non-hydrogen) atoms. The number of nitrogens with zero attached hydrogens (tertiary/aromatic N) is 3. The van der Waals surface area contributed by atoms with Crippen molar-refractivity contribution in [3.63, 3.8) is 0 Å². The van der Waals surface area contributed by atoms with E-state index in [4.69, 9.17) is 5.11 Å². The lowest BCUT2D eigenvalue weighted by atomic mass is 9.87. The van der Waals surface area contributed by atoms with Gasteiger partial charge in [0, 0.05) is 25.8 Å². The summed E-state index contributed by atoms with van der Waals surface area (Å²) in [5.74, 6) is -0.699. The maximum atomic E-state index is 10.9. The van der Waals surface area contributed by atoms with Gasteiger partial charge in [-0.05, 0) is 24.1 Å². The fraction of sp³-hybridized carbons (Fsp3) is 0.375. The number of benzene rings is 1. The molecular weight excluding hydrogens is 266 g/mol. The van der Waals surface area contributed by atoms with Crippen LogP contribution in [-0.2, 0) is 11.3 Å². The van der Waals surface area contributed by atoms with Gasteiger partial charge < -0.3 is 5.11 Å². The number of aliphatic carboxylic acids is 1. The summed E-state index contributed by atoms with van der Waals surface area (Å²) in [4.78, 5) is 13.2. The second-order valence-electron chi connectivity index (χ2n) is 5.67. The van der Waals surface area contributed by atoms with E-state index in [-0.39, 0.29) is 11.8 Å². The van der Waals surface area contributed by atoms with Crippen LogP contribution in [0.15, 0.2) is 42.6 Å². The molecule has 0 aliphatic carbocycles. The second kappa shape index (κ2) is 5.69. The first-order valence-corrected chi connectivity index (χ1v) is 7.18. The number of hydrogen-bond acceptors (Lipinski definition) is 3. The zero-order chi connectivity index (χ0) is 14.8. The van der Waals surface area contributed by atoms with E-state index in [1.165, 1.54) is 0 Å². The fourth-order valence-electron chi connectivity index (χ4n) is 2.66. The van der Waals surface area contributed by atoms with Crippen LogP contribution in [0, 0.1) is 11.8 Å². The SMILES string of the molecule is CC(C(=O)O)C1CN(Cc2ccn(-c3ccccc3)n2)C1. The van der Waals surface area contributed by atoms with Gasteiger partial charge in [0.05, 0.1) is 17.3 Å². The second-order valence-corrected chi connectivity index (χ2v) is 5.67. The van der Waals surface area contributed by atoms with E-state index >= 15 is 0 Å². The Kier molecular flexibility index (Phi) is 3.75. The smallest absolute Gasteiger partial charge is 0.306 e. The maximum absolute atomic E-state index is 10.9. The Hall–Kier alpha value is -2.14. The number of aromatic nitrogens is 2. The lowest BCUT2D eigenvalue weighted by Crippen LogP contribution is -2.50. The van der Waals surface area contributed by atoms with Crippen LogP contribution >= 0.6 is 0 Å². The van der Waals surface area contributed by atoms with Crippen molar-refractivity contribution in [3.8, 4) is 5.69 Å². The van der Waals surface area contributed by atoms with Gasteiger partial charge in [0.15, 0.2) is 0 Å². The Morgan fingerprint density at radius 3 is 2.71 bits per heavy atom. The highest BCUT2D eigenvalue weighted by atomic mass is 16.4. The highest BCUT2D eigenvalue weighted by Crippen LogP contribution is 2.25. The average Bonchev–Trinajstić information content (AvgIpc) is 2.91. The first-order chi connectivity index (χ1) is 10.1. The van der Waals surface area contributed by atoms with Gasteiger partial charge in [0.25, 0.3) is 0 Å². The molecule has 0 radical (unpaired) electrons. The van der Waals surface area contributed by atoms with Gasteiger partial charge in [-0.25, -0.2) is 4.68 Å². The molecule has 0 amide bonds. The number of rotatable bonds is 5. The standard InChI is InChI=1S/C16H19N3O2/c1-12(16(20)21)13-9-18(10-13)11-14-7-8-19(17-14)15-5-3-2-4-6-15/h2-8,12-13H,9-11H2,1H3,(H,20,21). The average molecular weight is 285 g/mol. The zero-order valence-corrected chi connectivity index (χ0v) is 12.0. The van der Waals surface area contributed by atoms with Crippen molar-refractivity contribution in [3.05, 3.63) is 48.3 Å². The summed E-state index contributed by atoms with van der Waals surface area (Å²) in [5.41, 5.74) is 2.06. The van der Waals surface area contributed by atoms with Gasteiger partial charge in [0.1, 0.15) is 0 Å². The summed E-state index contributed by atoms with van der Waals surface area (Å²) in [6.45, 7) is 4.24. The lowest BCUT2D eigenvalue weighted by molar-refractivity contribution is -0.145. The van der Waals surface area contributed by atoms with Crippen LogP contribution in [0.25, 0.3) is 5.69 Å². The topological polar surface area (TPSA) is 58.4 Å². The maximum Gasteiger partial charge on any atom is 0.306 e. The predicted octanol–water partition coefficient (Wildman–Crippen LogP) is 2.02. The van der Waals surface area contributed by atoms with Crippen molar-refractivity contribution in [2.45, 2.75) is 13.5 Å². The number of carboxylic acid groups (broad SMARTS) is 1. The van der Waals surface area contributed by atoms with E-state index < -0.39 is 5.97 Å². The van der Waals surface area contributed by atoms with Crippen molar-refractivity contribution in [1.82, 2.24) is 14.7 Å². The molecule has 1 unspecified atom stereocenters. The molecule has 5 heteroatoms. The molecule has 1 saturated heterocycles. The van der Waals surface area contributed by atoms with Crippen LogP contribution < -0.4 is 0 Å². The van der Waals surface area contributed by atoms with Gasteiger partial charge >= 0.3 is 5.97 Å². The van der Waals surface area contributed by atoms with Crippen molar-refractivity contribution < 1.29 is 9.90 Å². The Labute approximate surface area is 123 Å². The predicted molar refractivity (Wildman–Crippen MR) is 79.1 cm³/mol. The Morgan fingerprint density at radius 2 is 2.05 bits per heavy atom. The number of carbonyl (C=O) groups is 1. The molecule has 5 nitrogen and oxygen atoms in total. The molecule has 1 aromatic carbocycles. The number of para-hydroxylation sites is 1. The summed E-state index contributed by atoms with van der Waals surface area (Å²) in [5, 5.41) is 13.6. The van der Waals surface area contributed by atoms with Crippen molar-refractivity contribution in [1.29, 1.82) is 0 Å². The largest absolute Gasteiger partial charge is 0.481 e.